The van der Waals surface area contributed by atoms with Gasteiger partial charge in [0.25, 0.3) is 0 Å². The van der Waals surface area contributed by atoms with E-state index in [9.17, 15) is 0 Å². The molecule has 13 heavy (non-hydrogen) atoms. The molecule has 0 aliphatic carbocycles. The molecule has 0 N–H and O–H groups in total. The van der Waals surface area contributed by atoms with Gasteiger partial charge in [-0.05, 0) is 18.3 Å². The maximum absolute atomic E-state index is 5.59. The van der Waals surface area contributed by atoms with Crippen LogP contribution in [0.1, 0.15) is 47.0 Å². The van der Waals surface area contributed by atoms with E-state index in [-0.39, 0.29) is 9.03 Å². The Morgan fingerprint density at radius 3 is 2.38 bits per heavy atom. The Labute approximate surface area is 83.3 Å². The van der Waals surface area contributed by atoms with Gasteiger partial charge < -0.3 is 9.05 Å². The van der Waals surface area contributed by atoms with Gasteiger partial charge >= 0.3 is 0 Å². The Morgan fingerprint density at radius 1 is 1.23 bits per heavy atom. The lowest BCUT2D eigenvalue weighted by Crippen LogP contribution is -2.27. The summed E-state index contributed by atoms with van der Waals surface area (Å²) in [6, 6.07) is 0. The van der Waals surface area contributed by atoms with Crippen LogP contribution in [0.4, 0.5) is 0 Å². The second kappa shape index (κ2) is 4.72. The number of rotatable bonds is 2. The molecule has 0 saturated carbocycles. The van der Waals surface area contributed by atoms with E-state index in [1.165, 1.54) is 0 Å². The summed E-state index contributed by atoms with van der Waals surface area (Å²) in [5.41, 5.74) is 0.366. The third kappa shape index (κ3) is 4.39. The van der Waals surface area contributed by atoms with Crippen LogP contribution in [-0.2, 0) is 9.05 Å². The zero-order chi connectivity index (χ0) is 9.90. The maximum Gasteiger partial charge on any atom is 0.155 e. The van der Waals surface area contributed by atoms with Crippen molar-refractivity contribution in [1.82, 2.24) is 0 Å². The molecule has 0 amide bonds. The molecule has 1 heterocycles. The minimum absolute atomic E-state index is 0.255. The summed E-state index contributed by atoms with van der Waals surface area (Å²) in [4.78, 5) is 0. The van der Waals surface area contributed by atoms with Crippen LogP contribution in [0, 0.1) is 5.41 Å². The van der Waals surface area contributed by atoms with Gasteiger partial charge in [0.2, 0.25) is 0 Å². The first-order valence-corrected chi connectivity index (χ1v) is 5.89. The smallest absolute Gasteiger partial charge is 0.155 e. The van der Waals surface area contributed by atoms with Crippen LogP contribution < -0.4 is 0 Å². The van der Waals surface area contributed by atoms with Crippen molar-refractivity contribution in [2.45, 2.75) is 59.2 Å². The molecule has 0 spiro atoms. The molecule has 2 nitrogen and oxygen atoms in total. The molecule has 3 heteroatoms. The van der Waals surface area contributed by atoms with Crippen LogP contribution in [0.15, 0.2) is 0 Å². The first kappa shape index (κ1) is 11.4. The summed E-state index contributed by atoms with van der Waals surface area (Å²) < 4.78 is 11.1. The van der Waals surface area contributed by atoms with Gasteiger partial charge in [-0.1, -0.05) is 27.7 Å². The normalized spacial score (nSPS) is 32.3. The number of hydrogen-bond donors (Lipinski definition) is 0. The fourth-order valence-electron chi connectivity index (χ4n) is 1.61. The Bertz CT molecular complexity index is 153. The SMILES string of the molecule is CCC1CC(CC(C)(C)C)OPO1. The second-order valence-corrected chi connectivity index (χ2v) is 5.61. The minimum atomic E-state index is 0.255. The lowest BCUT2D eigenvalue weighted by molar-refractivity contribution is 0.0405. The van der Waals surface area contributed by atoms with E-state index < -0.39 is 0 Å². The van der Waals surface area contributed by atoms with Crippen LogP contribution in [0.3, 0.4) is 0 Å². The monoisotopic (exact) mass is 204 g/mol. The summed E-state index contributed by atoms with van der Waals surface area (Å²) in [5, 5.41) is 0. The molecule has 3 atom stereocenters. The predicted molar refractivity (Wildman–Crippen MR) is 57.0 cm³/mol. The summed E-state index contributed by atoms with van der Waals surface area (Å²) in [5.74, 6) is 0. The molecule has 1 aliphatic heterocycles. The lowest BCUT2D eigenvalue weighted by atomic mass is 9.87. The molecule has 78 valence electrons. The Kier molecular flexibility index (Phi) is 4.15. The minimum Gasteiger partial charge on any atom is -0.333 e. The van der Waals surface area contributed by atoms with E-state index in [1.807, 2.05) is 0 Å². The van der Waals surface area contributed by atoms with Gasteiger partial charge in [-0.15, -0.1) is 0 Å². The summed E-state index contributed by atoms with van der Waals surface area (Å²) >= 11 is 0. The van der Waals surface area contributed by atoms with E-state index in [0.29, 0.717) is 17.6 Å². The highest BCUT2D eigenvalue weighted by atomic mass is 31.1. The largest absolute Gasteiger partial charge is 0.333 e. The molecule has 1 aliphatic rings. The van der Waals surface area contributed by atoms with Crippen molar-refractivity contribution in [2.24, 2.45) is 5.41 Å². The van der Waals surface area contributed by atoms with Gasteiger partial charge in [-0.25, -0.2) is 0 Å². The van der Waals surface area contributed by atoms with E-state index in [1.54, 1.807) is 0 Å². The van der Waals surface area contributed by atoms with Gasteiger partial charge in [0, 0.05) is 6.42 Å². The van der Waals surface area contributed by atoms with Crippen LogP contribution >= 0.6 is 9.03 Å². The molecule has 0 aromatic heterocycles. The highest BCUT2D eigenvalue weighted by Gasteiger charge is 2.26. The number of hydrogen-bond acceptors (Lipinski definition) is 2. The zero-order valence-electron chi connectivity index (χ0n) is 9.09. The standard InChI is InChI=1S/C10H21O2P/c1-5-8-6-9(12-13-11-8)7-10(2,3)4/h8-9,13H,5-7H2,1-4H3. The van der Waals surface area contributed by atoms with Crippen molar-refractivity contribution >= 4 is 9.03 Å². The van der Waals surface area contributed by atoms with Crippen LogP contribution in [0.2, 0.25) is 0 Å². The van der Waals surface area contributed by atoms with Crippen molar-refractivity contribution < 1.29 is 9.05 Å². The molecule has 0 bridgehead atoms. The van der Waals surface area contributed by atoms with E-state index in [0.717, 1.165) is 19.3 Å². The highest BCUT2D eigenvalue weighted by Crippen LogP contribution is 2.36. The molecule has 0 aromatic carbocycles. The average Bonchev–Trinajstić information content (AvgIpc) is 2.01. The maximum atomic E-state index is 5.59. The highest BCUT2D eigenvalue weighted by molar-refractivity contribution is 7.26. The molecule has 0 aromatic rings. The van der Waals surface area contributed by atoms with E-state index in [2.05, 4.69) is 27.7 Å². The van der Waals surface area contributed by atoms with Crippen molar-refractivity contribution in [3.63, 3.8) is 0 Å². The van der Waals surface area contributed by atoms with Crippen LogP contribution in [0.25, 0.3) is 0 Å². The molecule has 3 unspecified atom stereocenters. The molecule has 1 fully saturated rings. The molecule has 1 saturated heterocycles. The summed E-state index contributed by atoms with van der Waals surface area (Å²) in [7, 11) is 0.255. The van der Waals surface area contributed by atoms with Gasteiger partial charge in [0.15, 0.2) is 9.03 Å². The van der Waals surface area contributed by atoms with Crippen molar-refractivity contribution in [3.05, 3.63) is 0 Å². The van der Waals surface area contributed by atoms with Gasteiger partial charge in [-0.3, -0.25) is 0 Å². The van der Waals surface area contributed by atoms with E-state index >= 15 is 0 Å². The summed E-state index contributed by atoms with van der Waals surface area (Å²) in [6.45, 7) is 8.95. The zero-order valence-corrected chi connectivity index (χ0v) is 10.1. The van der Waals surface area contributed by atoms with Crippen molar-refractivity contribution in [2.75, 3.05) is 0 Å². The molecular weight excluding hydrogens is 183 g/mol. The van der Waals surface area contributed by atoms with E-state index in [4.69, 9.17) is 9.05 Å². The van der Waals surface area contributed by atoms with Crippen LogP contribution in [-0.4, -0.2) is 12.2 Å². The second-order valence-electron chi connectivity index (χ2n) is 4.97. The summed E-state index contributed by atoms with van der Waals surface area (Å²) in [6.07, 6.45) is 4.16. The lowest BCUT2D eigenvalue weighted by Gasteiger charge is -2.32. The average molecular weight is 204 g/mol. The third-order valence-corrected chi connectivity index (χ3v) is 3.11. The van der Waals surface area contributed by atoms with Crippen LogP contribution in [0.5, 0.6) is 0 Å². The van der Waals surface area contributed by atoms with Gasteiger partial charge in [0.1, 0.15) is 0 Å². The Hall–Kier alpha value is 0.350. The van der Waals surface area contributed by atoms with Crippen molar-refractivity contribution in [3.8, 4) is 0 Å². The first-order valence-electron chi connectivity index (χ1n) is 5.07. The van der Waals surface area contributed by atoms with Crippen molar-refractivity contribution in [1.29, 1.82) is 0 Å². The Balaban J connectivity index is 2.34. The van der Waals surface area contributed by atoms with Gasteiger partial charge in [0.05, 0.1) is 12.2 Å². The fourth-order valence-corrected chi connectivity index (χ4v) is 2.38. The van der Waals surface area contributed by atoms with Gasteiger partial charge in [-0.2, -0.15) is 0 Å². The Morgan fingerprint density at radius 2 is 1.85 bits per heavy atom. The fraction of sp³-hybridized carbons (Fsp3) is 1.00. The third-order valence-electron chi connectivity index (χ3n) is 2.25. The first-order chi connectivity index (χ1) is 6.01. The molecule has 1 rings (SSSR count). The molecular formula is C10H21O2P. The quantitative estimate of drug-likeness (QED) is 0.641. The predicted octanol–water partition coefficient (Wildman–Crippen LogP) is 3.52. The topological polar surface area (TPSA) is 18.5 Å². The molecule has 0 radical (unpaired) electrons.